The number of methoxy groups -OCH3 is 1. The Labute approximate surface area is 107 Å². The van der Waals surface area contributed by atoms with E-state index in [0.717, 1.165) is 31.6 Å². The van der Waals surface area contributed by atoms with Crippen molar-refractivity contribution in [2.75, 3.05) is 20.3 Å². The number of rotatable bonds is 4. The molecule has 0 unspecified atom stereocenters. The molecule has 0 radical (unpaired) electrons. The van der Waals surface area contributed by atoms with E-state index in [-0.39, 0.29) is 11.9 Å². The summed E-state index contributed by atoms with van der Waals surface area (Å²) in [4.78, 5) is 14.1. The van der Waals surface area contributed by atoms with E-state index in [1.807, 2.05) is 16.5 Å². The standard InChI is InChI=1S/C12H20N4O2/c1-15-9-13-14-12(15)10-5-3-4-7-16(10)11(17)6-8-18-2/h9-10H,3-8H2,1-2H3/t10-/m0/s1. The smallest absolute Gasteiger partial charge is 0.225 e. The SMILES string of the molecule is COCCC(=O)N1CCCC[C@H]1c1nncn1C. The summed E-state index contributed by atoms with van der Waals surface area (Å²) in [6.07, 6.45) is 5.27. The van der Waals surface area contributed by atoms with Gasteiger partial charge in [0.05, 0.1) is 19.1 Å². The summed E-state index contributed by atoms with van der Waals surface area (Å²) in [5.74, 6) is 1.02. The van der Waals surface area contributed by atoms with E-state index < -0.39 is 0 Å². The van der Waals surface area contributed by atoms with Crippen LogP contribution in [0.5, 0.6) is 0 Å². The first-order valence-electron chi connectivity index (χ1n) is 6.36. The monoisotopic (exact) mass is 252 g/mol. The lowest BCUT2D eigenvalue weighted by Gasteiger charge is -2.35. The number of amides is 1. The van der Waals surface area contributed by atoms with E-state index in [4.69, 9.17) is 4.74 Å². The molecular formula is C12H20N4O2. The molecule has 0 saturated carbocycles. The van der Waals surface area contributed by atoms with Gasteiger partial charge in [-0.1, -0.05) is 0 Å². The fourth-order valence-corrected chi connectivity index (χ4v) is 2.43. The van der Waals surface area contributed by atoms with Gasteiger partial charge in [-0.15, -0.1) is 10.2 Å². The molecular weight excluding hydrogens is 232 g/mol. The topological polar surface area (TPSA) is 60.2 Å². The van der Waals surface area contributed by atoms with Gasteiger partial charge in [0.15, 0.2) is 5.82 Å². The second-order valence-electron chi connectivity index (χ2n) is 4.64. The summed E-state index contributed by atoms with van der Waals surface area (Å²) in [6, 6.07) is 0.0654. The van der Waals surface area contributed by atoms with Crippen molar-refractivity contribution in [3.63, 3.8) is 0 Å². The largest absolute Gasteiger partial charge is 0.384 e. The normalized spacial score (nSPS) is 20.1. The van der Waals surface area contributed by atoms with Gasteiger partial charge in [0.1, 0.15) is 6.33 Å². The molecule has 0 aromatic carbocycles. The molecule has 1 fully saturated rings. The number of likely N-dealkylation sites (tertiary alicyclic amines) is 1. The summed E-state index contributed by atoms with van der Waals surface area (Å²) < 4.78 is 6.87. The van der Waals surface area contributed by atoms with Crippen molar-refractivity contribution in [2.24, 2.45) is 7.05 Å². The Balaban J connectivity index is 2.11. The van der Waals surface area contributed by atoms with Gasteiger partial charge in [-0.2, -0.15) is 0 Å². The minimum Gasteiger partial charge on any atom is -0.384 e. The number of piperidine rings is 1. The zero-order chi connectivity index (χ0) is 13.0. The lowest BCUT2D eigenvalue weighted by Crippen LogP contribution is -2.39. The van der Waals surface area contributed by atoms with Crippen LogP contribution in [0.25, 0.3) is 0 Å². The minimum atomic E-state index is 0.0654. The van der Waals surface area contributed by atoms with E-state index in [9.17, 15) is 4.79 Å². The summed E-state index contributed by atoms with van der Waals surface area (Å²) >= 11 is 0. The number of hydrogen-bond donors (Lipinski definition) is 0. The summed E-state index contributed by atoms with van der Waals surface area (Å²) in [5.41, 5.74) is 0. The van der Waals surface area contributed by atoms with Gasteiger partial charge in [0.25, 0.3) is 0 Å². The number of carbonyl (C=O) groups excluding carboxylic acids is 1. The van der Waals surface area contributed by atoms with Crippen LogP contribution in [0.3, 0.4) is 0 Å². The van der Waals surface area contributed by atoms with E-state index in [0.29, 0.717) is 13.0 Å². The lowest BCUT2D eigenvalue weighted by atomic mass is 10.0. The zero-order valence-corrected chi connectivity index (χ0v) is 11.0. The van der Waals surface area contributed by atoms with Gasteiger partial charge in [-0.05, 0) is 19.3 Å². The second-order valence-corrected chi connectivity index (χ2v) is 4.64. The van der Waals surface area contributed by atoms with Crippen LogP contribution in [0.2, 0.25) is 0 Å². The highest BCUT2D eigenvalue weighted by molar-refractivity contribution is 5.76. The summed E-state index contributed by atoms with van der Waals surface area (Å²) in [7, 11) is 3.53. The Morgan fingerprint density at radius 2 is 2.39 bits per heavy atom. The first kappa shape index (κ1) is 13.0. The molecule has 1 amide bonds. The van der Waals surface area contributed by atoms with Crippen LogP contribution in [0, 0.1) is 0 Å². The van der Waals surface area contributed by atoms with Gasteiger partial charge >= 0.3 is 0 Å². The maximum absolute atomic E-state index is 12.2. The predicted molar refractivity (Wildman–Crippen MR) is 65.8 cm³/mol. The number of nitrogens with zero attached hydrogens (tertiary/aromatic N) is 4. The van der Waals surface area contributed by atoms with Gasteiger partial charge < -0.3 is 14.2 Å². The molecule has 0 bridgehead atoms. The summed E-state index contributed by atoms with van der Waals surface area (Å²) in [5, 5.41) is 8.04. The van der Waals surface area contributed by atoms with Crippen LogP contribution in [0.15, 0.2) is 6.33 Å². The van der Waals surface area contributed by atoms with Crippen LogP contribution in [-0.4, -0.2) is 45.8 Å². The third-order valence-electron chi connectivity index (χ3n) is 3.39. The molecule has 2 rings (SSSR count). The first-order chi connectivity index (χ1) is 8.74. The van der Waals surface area contributed by atoms with Crippen LogP contribution >= 0.6 is 0 Å². The zero-order valence-electron chi connectivity index (χ0n) is 11.0. The highest BCUT2D eigenvalue weighted by Gasteiger charge is 2.30. The molecule has 0 N–H and O–H groups in total. The number of aryl methyl sites for hydroxylation is 1. The van der Waals surface area contributed by atoms with E-state index in [1.165, 1.54) is 0 Å². The molecule has 2 heterocycles. The Morgan fingerprint density at radius 3 is 3.06 bits per heavy atom. The highest BCUT2D eigenvalue weighted by atomic mass is 16.5. The maximum atomic E-state index is 12.2. The van der Waals surface area contributed by atoms with Gasteiger partial charge in [-0.3, -0.25) is 4.79 Å². The molecule has 1 saturated heterocycles. The summed E-state index contributed by atoms with van der Waals surface area (Å²) in [6.45, 7) is 1.28. The number of carbonyl (C=O) groups is 1. The molecule has 6 heteroatoms. The van der Waals surface area contributed by atoms with Crippen LogP contribution in [0.1, 0.15) is 37.5 Å². The minimum absolute atomic E-state index is 0.0654. The molecule has 0 aliphatic carbocycles. The maximum Gasteiger partial charge on any atom is 0.225 e. The quantitative estimate of drug-likeness (QED) is 0.799. The number of ether oxygens (including phenoxy) is 1. The van der Waals surface area contributed by atoms with Crippen molar-refractivity contribution < 1.29 is 9.53 Å². The fraction of sp³-hybridized carbons (Fsp3) is 0.750. The Hall–Kier alpha value is -1.43. The molecule has 1 aliphatic heterocycles. The third-order valence-corrected chi connectivity index (χ3v) is 3.39. The van der Waals surface area contributed by atoms with Crippen LogP contribution in [-0.2, 0) is 16.6 Å². The molecule has 100 valence electrons. The van der Waals surface area contributed by atoms with Crippen molar-refractivity contribution in [1.82, 2.24) is 19.7 Å². The van der Waals surface area contributed by atoms with E-state index in [2.05, 4.69) is 10.2 Å². The predicted octanol–water partition coefficient (Wildman–Crippen LogP) is 0.905. The molecule has 0 spiro atoms. The molecule has 1 aromatic heterocycles. The van der Waals surface area contributed by atoms with Crippen LogP contribution in [0.4, 0.5) is 0 Å². The molecule has 6 nitrogen and oxygen atoms in total. The third kappa shape index (κ3) is 2.69. The van der Waals surface area contributed by atoms with Crippen molar-refractivity contribution in [1.29, 1.82) is 0 Å². The average molecular weight is 252 g/mol. The van der Waals surface area contributed by atoms with Crippen molar-refractivity contribution in [3.8, 4) is 0 Å². The Morgan fingerprint density at radius 1 is 1.56 bits per heavy atom. The second kappa shape index (κ2) is 5.95. The molecule has 18 heavy (non-hydrogen) atoms. The fourth-order valence-electron chi connectivity index (χ4n) is 2.43. The van der Waals surface area contributed by atoms with Gasteiger partial charge in [0.2, 0.25) is 5.91 Å². The van der Waals surface area contributed by atoms with Crippen molar-refractivity contribution >= 4 is 5.91 Å². The lowest BCUT2D eigenvalue weighted by molar-refractivity contribution is -0.136. The average Bonchev–Trinajstić information content (AvgIpc) is 2.82. The highest BCUT2D eigenvalue weighted by Crippen LogP contribution is 2.29. The van der Waals surface area contributed by atoms with E-state index >= 15 is 0 Å². The van der Waals surface area contributed by atoms with E-state index in [1.54, 1.807) is 13.4 Å². The number of aromatic nitrogens is 3. The van der Waals surface area contributed by atoms with Crippen LogP contribution < -0.4 is 0 Å². The number of hydrogen-bond acceptors (Lipinski definition) is 4. The van der Waals surface area contributed by atoms with Gasteiger partial charge in [-0.25, -0.2) is 0 Å². The van der Waals surface area contributed by atoms with Crippen molar-refractivity contribution in [3.05, 3.63) is 12.2 Å². The molecule has 1 atom stereocenters. The Kier molecular flexibility index (Phi) is 4.30. The molecule has 1 aliphatic rings. The van der Waals surface area contributed by atoms with Gasteiger partial charge in [0, 0.05) is 20.7 Å². The van der Waals surface area contributed by atoms with Crippen molar-refractivity contribution in [2.45, 2.75) is 31.7 Å². The first-order valence-corrected chi connectivity index (χ1v) is 6.36. The Bertz CT molecular complexity index is 405. The molecule has 1 aromatic rings.